The highest BCUT2D eigenvalue weighted by atomic mass is 16.7. The van der Waals surface area contributed by atoms with Gasteiger partial charge in [-0.15, -0.1) is 0 Å². The Bertz CT molecular complexity index is 1070. The van der Waals surface area contributed by atoms with Crippen LogP contribution < -0.4 is 0 Å². The number of aliphatic hydroxyl groups is 6. The number of fused-ring (bicyclic) bond motifs is 5. The summed E-state index contributed by atoms with van der Waals surface area (Å²) in [5.41, 5.74) is -0.633. The molecule has 2 heterocycles. The fraction of sp³-hybridized carbons (Fsp3) is 1.00. The monoisotopic (exact) mass is 594 g/mol. The van der Waals surface area contributed by atoms with Crippen LogP contribution in [0.25, 0.3) is 0 Å². The van der Waals surface area contributed by atoms with Crippen LogP contribution in [-0.4, -0.2) is 99.0 Å². The van der Waals surface area contributed by atoms with E-state index in [0.29, 0.717) is 17.8 Å². The van der Waals surface area contributed by atoms with Crippen LogP contribution in [-0.2, 0) is 14.2 Å². The van der Waals surface area contributed by atoms with Crippen LogP contribution in [0.2, 0.25) is 0 Å². The Balaban J connectivity index is 1.28. The van der Waals surface area contributed by atoms with Crippen LogP contribution in [0.3, 0.4) is 0 Å². The van der Waals surface area contributed by atoms with E-state index < -0.39 is 48.8 Å². The first kappa shape index (κ1) is 30.3. The zero-order chi connectivity index (χ0) is 30.2. The molecule has 9 nitrogen and oxygen atoms in total. The highest BCUT2D eigenvalue weighted by Crippen LogP contribution is 2.78. The van der Waals surface area contributed by atoms with Crippen molar-refractivity contribution in [3.8, 4) is 0 Å². The van der Waals surface area contributed by atoms with Crippen molar-refractivity contribution in [3.05, 3.63) is 0 Å². The summed E-state index contributed by atoms with van der Waals surface area (Å²) in [6.45, 7) is 11.9. The topological polar surface area (TPSA) is 149 Å². The van der Waals surface area contributed by atoms with Gasteiger partial charge in [0.1, 0.15) is 24.4 Å². The molecule has 2 saturated heterocycles. The van der Waals surface area contributed by atoms with Crippen LogP contribution in [0, 0.1) is 50.7 Å². The summed E-state index contributed by atoms with van der Waals surface area (Å²) in [4.78, 5) is 0. The van der Waals surface area contributed by atoms with Crippen molar-refractivity contribution in [3.63, 3.8) is 0 Å². The number of aliphatic hydroxyl groups excluding tert-OH is 6. The van der Waals surface area contributed by atoms with E-state index >= 15 is 0 Å². The molecule has 0 aromatic rings. The van der Waals surface area contributed by atoms with E-state index in [1.807, 2.05) is 0 Å². The maximum Gasteiger partial charge on any atom is 0.186 e. The zero-order valence-corrected chi connectivity index (χ0v) is 26.0. The van der Waals surface area contributed by atoms with Gasteiger partial charge in [0.15, 0.2) is 6.29 Å². The molecular weight excluding hydrogens is 540 g/mol. The van der Waals surface area contributed by atoms with Gasteiger partial charge in [0.2, 0.25) is 0 Å². The summed E-state index contributed by atoms with van der Waals surface area (Å²) >= 11 is 0. The normalized spacial score (nSPS) is 61.6. The molecule has 9 heteroatoms. The van der Waals surface area contributed by atoms with Crippen molar-refractivity contribution >= 4 is 0 Å². The highest BCUT2D eigenvalue weighted by Gasteiger charge is 2.75. The van der Waals surface area contributed by atoms with E-state index in [-0.39, 0.29) is 45.9 Å². The first-order chi connectivity index (χ1) is 19.6. The summed E-state index contributed by atoms with van der Waals surface area (Å²) < 4.78 is 19.0. The maximum absolute atomic E-state index is 11.3. The van der Waals surface area contributed by atoms with Crippen LogP contribution in [0.4, 0.5) is 0 Å². The molecule has 6 N–H and O–H groups in total. The number of ether oxygens (including phenoxy) is 3. The average molecular weight is 595 g/mol. The third-order valence-corrected chi connectivity index (χ3v) is 15.1. The first-order valence-electron chi connectivity index (χ1n) is 16.6. The quantitative estimate of drug-likeness (QED) is 0.270. The lowest BCUT2D eigenvalue weighted by molar-refractivity contribution is -0.346. The lowest BCUT2D eigenvalue weighted by Crippen LogP contribution is -2.70. The maximum atomic E-state index is 11.3. The van der Waals surface area contributed by atoms with Gasteiger partial charge in [-0.25, -0.2) is 0 Å². The largest absolute Gasteiger partial charge is 0.394 e. The SMILES string of the molecule is CC1(C)[C@@H](O)CC[C@]2(C)[C@H]3CC[C@@H]4[C@H]5[C@H]6OC[C@]5(CC[C@@]4(C)[C@]3(C)C[C@H](O[C@H]3O[C@@H](CO)[C@H](O)[C@@H](O)[C@@H]3O)[C@@H]12)C[C@H]6O. The standard InChI is InChI=1S/C33H54O9/c1-29(2)21(36)8-9-30(3)20-7-6-16-22-26-17(35)12-33(22,15-40-26)11-10-31(16,4)32(20,5)13-18(27(29)30)41-28-25(39)24(38)23(37)19(14-34)42-28/h16-28,34-39H,6-15H2,1-5H3/t16-,17-,18+,19+,20-,21+,22+,23+,24-,25+,26+,27+,28+,30-,31-,32-,33+/m1/s1. The Hall–Kier alpha value is -0.360. The van der Waals surface area contributed by atoms with Crippen LogP contribution in [0.1, 0.15) is 86.0 Å². The van der Waals surface area contributed by atoms with Gasteiger partial charge in [-0.1, -0.05) is 34.6 Å². The van der Waals surface area contributed by atoms with Gasteiger partial charge >= 0.3 is 0 Å². The molecule has 0 amide bonds. The molecule has 17 atom stereocenters. The predicted octanol–water partition coefficient (Wildman–Crippen LogP) is 1.98. The fourth-order valence-corrected chi connectivity index (χ4v) is 13.0. The van der Waals surface area contributed by atoms with Crippen molar-refractivity contribution in [1.29, 1.82) is 0 Å². The summed E-state index contributed by atoms with van der Waals surface area (Å²) in [6.07, 6.45) is -0.435. The van der Waals surface area contributed by atoms with Crippen LogP contribution >= 0.6 is 0 Å². The molecule has 240 valence electrons. The second kappa shape index (κ2) is 9.58. The zero-order valence-electron chi connectivity index (χ0n) is 26.0. The number of rotatable bonds is 3. The lowest BCUT2D eigenvalue weighted by atomic mass is 9.32. The Morgan fingerprint density at radius 1 is 0.810 bits per heavy atom. The molecule has 5 aliphatic carbocycles. The highest BCUT2D eigenvalue weighted by molar-refractivity contribution is 5.23. The second-order valence-electron chi connectivity index (χ2n) is 16.9. The van der Waals surface area contributed by atoms with Crippen molar-refractivity contribution in [2.45, 2.75) is 141 Å². The lowest BCUT2D eigenvalue weighted by Gasteiger charge is -2.73. The van der Waals surface area contributed by atoms with Gasteiger partial charge in [-0.05, 0) is 96.7 Å². The van der Waals surface area contributed by atoms with E-state index in [9.17, 15) is 30.6 Å². The smallest absolute Gasteiger partial charge is 0.186 e. The fourth-order valence-electron chi connectivity index (χ4n) is 13.0. The van der Waals surface area contributed by atoms with E-state index in [0.717, 1.165) is 58.0 Å². The molecule has 0 aromatic carbocycles. The summed E-state index contributed by atoms with van der Waals surface area (Å²) in [6, 6.07) is 0. The molecule has 42 heavy (non-hydrogen) atoms. The molecule has 2 bridgehead atoms. The minimum Gasteiger partial charge on any atom is -0.394 e. The predicted molar refractivity (Wildman–Crippen MR) is 152 cm³/mol. The van der Waals surface area contributed by atoms with Crippen LogP contribution in [0.5, 0.6) is 0 Å². The van der Waals surface area contributed by atoms with Crippen molar-refractivity contribution < 1.29 is 44.8 Å². The summed E-state index contributed by atoms with van der Waals surface area (Å²) in [5.74, 6) is 1.19. The molecule has 0 spiro atoms. The van der Waals surface area contributed by atoms with Crippen molar-refractivity contribution in [1.82, 2.24) is 0 Å². The molecule has 5 saturated carbocycles. The molecule has 7 rings (SSSR count). The van der Waals surface area contributed by atoms with E-state index in [2.05, 4.69) is 34.6 Å². The Labute approximate surface area is 249 Å². The van der Waals surface area contributed by atoms with E-state index in [1.54, 1.807) is 0 Å². The molecule has 0 aromatic heterocycles. The molecule has 0 radical (unpaired) electrons. The van der Waals surface area contributed by atoms with Crippen molar-refractivity contribution in [2.75, 3.05) is 13.2 Å². The van der Waals surface area contributed by atoms with E-state index in [1.165, 1.54) is 0 Å². The number of hydrogen-bond donors (Lipinski definition) is 6. The van der Waals surface area contributed by atoms with Gasteiger partial charge in [0.05, 0.1) is 37.6 Å². The third-order valence-electron chi connectivity index (χ3n) is 15.1. The minimum absolute atomic E-state index is 0.00866. The second-order valence-corrected chi connectivity index (χ2v) is 16.9. The Kier molecular flexibility index (Phi) is 6.91. The van der Waals surface area contributed by atoms with Gasteiger partial charge in [0, 0.05) is 5.41 Å². The average Bonchev–Trinajstić information content (AvgIpc) is 3.44. The Morgan fingerprint density at radius 2 is 1.55 bits per heavy atom. The summed E-state index contributed by atoms with van der Waals surface area (Å²) in [7, 11) is 0. The van der Waals surface area contributed by atoms with Crippen LogP contribution in [0.15, 0.2) is 0 Å². The molecule has 7 aliphatic rings. The molecule has 2 aliphatic heterocycles. The van der Waals surface area contributed by atoms with E-state index in [4.69, 9.17) is 14.2 Å². The molecule has 0 unspecified atom stereocenters. The van der Waals surface area contributed by atoms with Crippen molar-refractivity contribution in [2.24, 2.45) is 50.7 Å². The molecule has 7 fully saturated rings. The minimum atomic E-state index is -1.50. The number of hydrogen-bond acceptors (Lipinski definition) is 9. The Morgan fingerprint density at radius 3 is 2.24 bits per heavy atom. The third kappa shape index (κ3) is 3.69. The molecular formula is C33H54O9. The first-order valence-corrected chi connectivity index (χ1v) is 16.6. The van der Waals surface area contributed by atoms with Gasteiger partial charge in [0.25, 0.3) is 0 Å². The van der Waals surface area contributed by atoms with Gasteiger partial charge < -0.3 is 44.8 Å². The summed E-state index contributed by atoms with van der Waals surface area (Å²) in [5, 5.41) is 64.1. The van der Waals surface area contributed by atoms with Gasteiger partial charge in [-0.3, -0.25) is 0 Å². The van der Waals surface area contributed by atoms with Gasteiger partial charge in [-0.2, -0.15) is 0 Å².